The van der Waals surface area contributed by atoms with E-state index in [9.17, 15) is 13.2 Å². The predicted octanol–water partition coefficient (Wildman–Crippen LogP) is 4.67. The number of fused-ring (bicyclic) bond motifs is 1. The number of nitrogens with one attached hydrogen (secondary N) is 1. The number of imidazole rings is 1. The molecule has 176 valence electrons. The Balaban J connectivity index is 1.41. The first-order valence-electron chi connectivity index (χ1n) is 10.5. The quantitative estimate of drug-likeness (QED) is 0.437. The van der Waals surface area contributed by atoms with Crippen molar-refractivity contribution in [2.45, 2.75) is 31.9 Å². The number of methoxy groups -OCH3 is 1. The summed E-state index contributed by atoms with van der Waals surface area (Å²) in [6.45, 7) is 0.836. The molecule has 0 spiro atoms. The Morgan fingerprint density at radius 3 is 2.74 bits per heavy atom. The van der Waals surface area contributed by atoms with E-state index in [1.165, 1.54) is 18.2 Å². The van der Waals surface area contributed by atoms with Crippen molar-refractivity contribution in [2.24, 2.45) is 0 Å². The number of rotatable bonds is 6. The fourth-order valence-corrected chi connectivity index (χ4v) is 4.00. The van der Waals surface area contributed by atoms with Crippen LogP contribution in [0.2, 0.25) is 0 Å². The lowest BCUT2D eigenvalue weighted by Gasteiger charge is -2.32. The standard InChI is InChI=1S/C23H20F3N5O3/c1-32-16-7-5-15(6-8-16)21-29-22(34-30-21)20-10-18-19(28-13-27-18)12-31(20)11-14-3-2-4-17(9-14)33-23(24,25)26/h2-9,13,20H,10-12H2,1H3,(H,27,28)/t20-/m0/s1. The van der Waals surface area contributed by atoms with Crippen LogP contribution in [0, 0.1) is 0 Å². The molecule has 11 heteroatoms. The summed E-state index contributed by atoms with van der Waals surface area (Å²) in [5, 5.41) is 4.13. The average molecular weight is 471 g/mol. The van der Waals surface area contributed by atoms with Gasteiger partial charge in [0.15, 0.2) is 0 Å². The van der Waals surface area contributed by atoms with Crippen LogP contribution in [-0.4, -0.2) is 38.5 Å². The van der Waals surface area contributed by atoms with Gasteiger partial charge in [0, 0.05) is 25.1 Å². The number of alkyl halides is 3. The first-order valence-corrected chi connectivity index (χ1v) is 10.5. The zero-order valence-corrected chi connectivity index (χ0v) is 18.0. The number of H-pyrrole nitrogens is 1. The van der Waals surface area contributed by atoms with Gasteiger partial charge in [-0.2, -0.15) is 4.98 Å². The van der Waals surface area contributed by atoms with E-state index >= 15 is 0 Å². The van der Waals surface area contributed by atoms with Crippen molar-refractivity contribution >= 4 is 0 Å². The summed E-state index contributed by atoms with van der Waals surface area (Å²) in [6, 6.07) is 12.9. The largest absolute Gasteiger partial charge is 0.573 e. The van der Waals surface area contributed by atoms with Gasteiger partial charge in [0.2, 0.25) is 11.7 Å². The third kappa shape index (κ3) is 4.74. The molecule has 34 heavy (non-hydrogen) atoms. The summed E-state index contributed by atoms with van der Waals surface area (Å²) >= 11 is 0. The number of hydrogen-bond acceptors (Lipinski definition) is 7. The van der Waals surface area contributed by atoms with Crippen LogP contribution >= 0.6 is 0 Å². The number of nitrogens with zero attached hydrogens (tertiary/aromatic N) is 4. The molecule has 3 heterocycles. The topological polar surface area (TPSA) is 89.3 Å². The van der Waals surface area contributed by atoms with Crippen molar-refractivity contribution in [3.8, 4) is 22.9 Å². The van der Waals surface area contributed by atoms with Crippen LogP contribution in [0.25, 0.3) is 11.4 Å². The minimum absolute atomic E-state index is 0.264. The number of hydrogen-bond donors (Lipinski definition) is 1. The third-order valence-corrected chi connectivity index (χ3v) is 5.59. The molecule has 0 aliphatic carbocycles. The molecule has 4 aromatic rings. The van der Waals surface area contributed by atoms with E-state index in [0.717, 1.165) is 17.0 Å². The highest BCUT2D eigenvalue weighted by Gasteiger charge is 2.34. The smallest absolute Gasteiger partial charge is 0.497 e. The summed E-state index contributed by atoms with van der Waals surface area (Å²) in [5.74, 6) is 1.29. The van der Waals surface area contributed by atoms with Crippen LogP contribution in [0.15, 0.2) is 59.4 Å². The lowest BCUT2D eigenvalue weighted by molar-refractivity contribution is -0.274. The lowest BCUT2D eigenvalue weighted by atomic mass is 10.0. The first-order chi connectivity index (χ1) is 16.4. The van der Waals surface area contributed by atoms with E-state index in [-0.39, 0.29) is 11.8 Å². The lowest BCUT2D eigenvalue weighted by Crippen LogP contribution is -2.34. The first kappa shape index (κ1) is 22.0. The summed E-state index contributed by atoms with van der Waals surface area (Å²) in [7, 11) is 1.59. The zero-order valence-electron chi connectivity index (χ0n) is 18.0. The number of aromatic amines is 1. The van der Waals surface area contributed by atoms with Crippen LogP contribution in [0.3, 0.4) is 0 Å². The highest BCUT2D eigenvalue weighted by Crippen LogP contribution is 2.34. The predicted molar refractivity (Wildman–Crippen MR) is 114 cm³/mol. The number of ether oxygens (including phenoxy) is 2. The SMILES string of the molecule is COc1ccc(-c2noc([C@@H]3Cc4nc[nH]c4CN3Cc3cccc(OC(F)(F)F)c3)n2)cc1. The molecule has 1 aliphatic rings. The van der Waals surface area contributed by atoms with Gasteiger partial charge in [0.25, 0.3) is 0 Å². The highest BCUT2D eigenvalue weighted by atomic mass is 19.4. The molecule has 1 atom stereocenters. The van der Waals surface area contributed by atoms with Gasteiger partial charge in [-0.15, -0.1) is 13.2 Å². The van der Waals surface area contributed by atoms with E-state index in [1.807, 2.05) is 24.3 Å². The molecular formula is C23H20F3N5O3. The van der Waals surface area contributed by atoms with Crippen LogP contribution in [-0.2, 0) is 19.5 Å². The molecule has 8 nitrogen and oxygen atoms in total. The maximum absolute atomic E-state index is 12.7. The van der Waals surface area contributed by atoms with Gasteiger partial charge in [0.1, 0.15) is 11.5 Å². The molecule has 1 aliphatic heterocycles. The van der Waals surface area contributed by atoms with E-state index in [2.05, 4.69) is 29.7 Å². The molecule has 0 fully saturated rings. The van der Waals surface area contributed by atoms with Crippen LogP contribution in [0.4, 0.5) is 13.2 Å². The maximum atomic E-state index is 12.7. The fraction of sp³-hybridized carbons (Fsp3) is 0.261. The summed E-state index contributed by atoms with van der Waals surface area (Å²) in [4.78, 5) is 14.2. The Morgan fingerprint density at radius 1 is 1.15 bits per heavy atom. The Kier molecular flexibility index (Phi) is 5.70. The molecule has 0 saturated carbocycles. The molecule has 0 saturated heterocycles. The van der Waals surface area contributed by atoms with Crippen molar-refractivity contribution in [3.05, 3.63) is 77.7 Å². The van der Waals surface area contributed by atoms with E-state index in [1.54, 1.807) is 19.5 Å². The second-order valence-corrected chi connectivity index (χ2v) is 7.83. The van der Waals surface area contributed by atoms with Crippen molar-refractivity contribution in [1.82, 2.24) is 25.0 Å². The molecule has 0 unspecified atom stereocenters. The molecule has 0 radical (unpaired) electrons. The Hall–Kier alpha value is -3.86. The monoisotopic (exact) mass is 471 g/mol. The summed E-state index contributed by atoms with van der Waals surface area (Å²) < 4.78 is 52.8. The molecule has 2 aromatic carbocycles. The van der Waals surface area contributed by atoms with Crippen LogP contribution < -0.4 is 9.47 Å². The maximum Gasteiger partial charge on any atom is 0.573 e. The van der Waals surface area contributed by atoms with Crippen molar-refractivity contribution < 1.29 is 27.2 Å². The van der Waals surface area contributed by atoms with Crippen LogP contribution in [0.5, 0.6) is 11.5 Å². The van der Waals surface area contributed by atoms with Gasteiger partial charge in [0.05, 0.1) is 30.9 Å². The number of aromatic nitrogens is 4. The third-order valence-electron chi connectivity index (χ3n) is 5.59. The summed E-state index contributed by atoms with van der Waals surface area (Å²) in [6.07, 6.45) is -2.61. The Bertz CT molecular complexity index is 1270. The normalized spacial score (nSPS) is 16.3. The van der Waals surface area contributed by atoms with E-state index in [0.29, 0.717) is 42.5 Å². The van der Waals surface area contributed by atoms with Gasteiger partial charge in [-0.05, 0) is 42.0 Å². The minimum atomic E-state index is -4.75. The van der Waals surface area contributed by atoms with Gasteiger partial charge in [-0.3, -0.25) is 4.90 Å². The second-order valence-electron chi connectivity index (χ2n) is 7.83. The zero-order chi connectivity index (χ0) is 23.7. The van der Waals surface area contributed by atoms with Crippen LogP contribution in [0.1, 0.15) is 28.9 Å². The molecule has 2 aromatic heterocycles. The molecular weight excluding hydrogens is 451 g/mol. The van der Waals surface area contributed by atoms with E-state index in [4.69, 9.17) is 9.26 Å². The van der Waals surface area contributed by atoms with Crippen molar-refractivity contribution in [2.75, 3.05) is 7.11 Å². The fourth-order valence-electron chi connectivity index (χ4n) is 4.00. The highest BCUT2D eigenvalue weighted by molar-refractivity contribution is 5.55. The molecule has 1 N–H and O–H groups in total. The van der Waals surface area contributed by atoms with Crippen molar-refractivity contribution in [3.63, 3.8) is 0 Å². The summed E-state index contributed by atoms with van der Waals surface area (Å²) in [5.41, 5.74) is 3.26. The minimum Gasteiger partial charge on any atom is -0.497 e. The molecule has 0 bridgehead atoms. The average Bonchev–Trinajstić information content (AvgIpc) is 3.47. The molecule has 5 rings (SSSR count). The van der Waals surface area contributed by atoms with Gasteiger partial charge in [-0.1, -0.05) is 17.3 Å². The van der Waals surface area contributed by atoms with E-state index < -0.39 is 6.36 Å². The Morgan fingerprint density at radius 2 is 1.97 bits per heavy atom. The molecule has 0 amide bonds. The Labute approximate surface area is 192 Å². The van der Waals surface area contributed by atoms with Gasteiger partial charge in [-0.25, -0.2) is 4.98 Å². The second kappa shape index (κ2) is 8.82. The van der Waals surface area contributed by atoms with Gasteiger partial charge < -0.3 is 19.0 Å². The number of halogens is 3. The van der Waals surface area contributed by atoms with Gasteiger partial charge >= 0.3 is 6.36 Å². The number of benzene rings is 2. The van der Waals surface area contributed by atoms with Crippen molar-refractivity contribution in [1.29, 1.82) is 0 Å².